The molecule has 1 aliphatic rings. The van der Waals surface area contributed by atoms with Gasteiger partial charge in [0.2, 0.25) is 0 Å². The number of urea groups is 1. The van der Waals surface area contributed by atoms with E-state index in [9.17, 15) is 27.9 Å². The van der Waals surface area contributed by atoms with Crippen LogP contribution in [0.1, 0.15) is 18.5 Å². The van der Waals surface area contributed by atoms with E-state index in [0.29, 0.717) is 4.47 Å². The Morgan fingerprint density at radius 2 is 1.96 bits per heavy atom. The molecule has 0 aromatic heterocycles. The standard InChI is InChI=1S/C14H14BrF3N2O4/c1-2-24-11(21)9-10(7-3-5-8(15)6-4-7)19-12(22)20-13(9,23)14(16,17)18/h3-6,9-10,23H,2H2,1H3,(H2,19,20,22)/t9-,10+,13+/m0/s1. The second kappa shape index (κ2) is 6.60. The fraction of sp³-hybridized carbons (Fsp3) is 0.429. The van der Waals surface area contributed by atoms with Gasteiger partial charge in [-0.2, -0.15) is 13.2 Å². The first-order valence-corrected chi connectivity index (χ1v) is 7.69. The van der Waals surface area contributed by atoms with Gasteiger partial charge >= 0.3 is 18.2 Å². The van der Waals surface area contributed by atoms with Gasteiger partial charge in [-0.3, -0.25) is 4.79 Å². The van der Waals surface area contributed by atoms with Crippen LogP contribution in [-0.4, -0.2) is 35.6 Å². The number of carbonyl (C=O) groups is 2. The van der Waals surface area contributed by atoms with Crippen LogP contribution in [0.15, 0.2) is 28.7 Å². The van der Waals surface area contributed by atoms with Gasteiger partial charge in [0, 0.05) is 4.47 Å². The molecule has 1 saturated heterocycles. The van der Waals surface area contributed by atoms with Crippen molar-refractivity contribution in [2.75, 3.05) is 6.61 Å². The second-order valence-corrected chi connectivity index (χ2v) is 6.04. The summed E-state index contributed by atoms with van der Waals surface area (Å²) >= 11 is 3.18. The Hall–Kier alpha value is -1.81. The van der Waals surface area contributed by atoms with Crippen molar-refractivity contribution in [1.82, 2.24) is 10.6 Å². The molecule has 10 heteroatoms. The number of carbonyl (C=O) groups excluding carboxylic acids is 2. The first-order valence-electron chi connectivity index (χ1n) is 6.90. The quantitative estimate of drug-likeness (QED) is 0.666. The number of nitrogens with one attached hydrogen (secondary N) is 2. The van der Waals surface area contributed by atoms with Gasteiger partial charge in [0.05, 0.1) is 12.6 Å². The maximum Gasteiger partial charge on any atom is 0.437 e. The average molecular weight is 411 g/mol. The summed E-state index contributed by atoms with van der Waals surface area (Å²) in [4.78, 5) is 23.8. The van der Waals surface area contributed by atoms with Crippen molar-refractivity contribution < 1.29 is 32.6 Å². The number of rotatable bonds is 3. The van der Waals surface area contributed by atoms with E-state index in [1.165, 1.54) is 24.4 Å². The predicted molar refractivity (Wildman–Crippen MR) is 79.7 cm³/mol. The molecule has 2 amide bonds. The van der Waals surface area contributed by atoms with Crippen LogP contribution in [0.2, 0.25) is 0 Å². The highest BCUT2D eigenvalue weighted by Crippen LogP contribution is 2.43. The third-order valence-corrected chi connectivity index (χ3v) is 4.10. The number of benzene rings is 1. The maximum atomic E-state index is 13.4. The van der Waals surface area contributed by atoms with Crippen molar-refractivity contribution in [3.05, 3.63) is 34.3 Å². The van der Waals surface area contributed by atoms with Crippen molar-refractivity contribution >= 4 is 27.9 Å². The smallest absolute Gasteiger partial charge is 0.437 e. The van der Waals surface area contributed by atoms with E-state index >= 15 is 0 Å². The van der Waals surface area contributed by atoms with Crippen LogP contribution < -0.4 is 10.6 Å². The lowest BCUT2D eigenvalue weighted by Gasteiger charge is -2.44. The van der Waals surface area contributed by atoms with Crippen LogP contribution in [0.4, 0.5) is 18.0 Å². The zero-order chi connectivity index (χ0) is 18.1. The number of alkyl halides is 3. The fourth-order valence-electron chi connectivity index (χ4n) is 2.48. The average Bonchev–Trinajstić information content (AvgIpc) is 2.46. The summed E-state index contributed by atoms with van der Waals surface area (Å²) in [5.41, 5.74) is -3.53. The van der Waals surface area contributed by atoms with Crippen LogP contribution in [0, 0.1) is 5.92 Å². The molecule has 0 saturated carbocycles. The lowest BCUT2D eigenvalue weighted by Crippen LogP contribution is -2.73. The second-order valence-electron chi connectivity index (χ2n) is 5.12. The largest absolute Gasteiger partial charge is 0.466 e. The van der Waals surface area contributed by atoms with Gasteiger partial charge in [-0.15, -0.1) is 0 Å². The third-order valence-electron chi connectivity index (χ3n) is 3.58. The van der Waals surface area contributed by atoms with E-state index < -0.39 is 35.9 Å². The highest BCUT2D eigenvalue weighted by molar-refractivity contribution is 9.10. The molecular formula is C14H14BrF3N2O4. The Balaban J connectivity index is 2.55. The van der Waals surface area contributed by atoms with Crippen LogP contribution >= 0.6 is 15.9 Å². The first kappa shape index (κ1) is 18.5. The number of halogens is 4. The molecule has 1 aromatic carbocycles. The van der Waals surface area contributed by atoms with Crippen molar-refractivity contribution in [3.8, 4) is 0 Å². The minimum absolute atomic E-state index is 0.176. The molecule has 0 radical (unpaired) electrons. The Morgan fingerprint density at radius 3 is 2.46 bits per heavy atom. The summed E-state index contributed by atoms with van der Waals surface area (Å²) in [7, 11) is 0. The van der Waals surface area contributed by atoms with Gasteiger partial charge < -0.3 is 20.5 Å². The normalized spacial score (nSPS) is 27.2. The molecule has 132 valence electrons. The minimum Gasteiger partial charge on any atom is -0.466 e. The zero-order valence-electron chi connectivity index (χ0n) is 12.4. The molecule has 0 aliphatic carbocycles. The molecule has 3 atom stereocenters. The van der Waals surface area contributed by atoms with E-state index in [2.05, 4.69) is 26.0 Å². The molecule has 6 nitrogen and oxygen atoms in total. The van der Waals surface area contributed by atoms with E-state index in [-0.39, 0.29) is 12.2 Å². The van der Waals surface area contributed by atoms with Crippen LogP contribution in [0.25, 0.3) is 0 Å². The van der Waals surface area contributed by atoms with E-state index in [1.54, 1.807) is 12.1 Å². The van der Waals surface area contributed by atoms with Gasteiger partial charge in [-0.05, 0) is 24.6 Å². The van der Waals surface area contributed by atoms with Crippen LogP contribution in [-0.2, 0) is 9.53 Å². The summed E-state index contributed by atoms with van der Waals surface area (Å²) in [6, 6.07) is 3.28. The molecule has 0 bridgehead atoms. The van der Waals surface area contributed by atoms with E-state index in [1.807, 2.05) is 0 Å². The zero-order valence-corrected chi connectivity index (χ0v) is 13.9. The summed E-state index contributed by atoms with van der Waals surface area (Å²) < 4.78 is 45.5. The van der Waals surface area contributed by atoms with Gasteiger partial charge in [0.25, 0.3) is 5.72 Å². The summed E-state index contributed by atoms with van der Waals surface area (Å²) in [5.74, 6) is -3.39. The monoisotopic (exact) mass is 410 g/mol. The molecular weight excluding hydrogens is 397 g/mol. The Bertz CT molecular complexity index is 638. The molecule has 0 spiro atoms. The third kappa shape index (κ3) is 3.34. The molecule has 1 aromatic rings. The summed E-state index contributed by atoms with van der Waals surface area (Å²) in [6.45, 7) is 1.25. The van der Waals surface area contributed by atoms with E-state index in [0.717, 1.165) is 0 Å². The molecule has 24 heavy (non-hydrogen) atoms. The fourth-order valence-corrected chi connectivity index (χ4v) is 2.75. The van der Waals surface area contributed by atoms with Gasteiger partial charge in [0.15, 0.2) is 0 Å². The lowest BCUT2D eigenvalue weighted by atomic mass is 9.82. The summed E-state index contributed by atoms with van der Waals surface area (Å²) in [6.07, 6.45) is -5.28. The van der Waals surface area contributed by atoms with Crippen molar-refractivity contribution in [2.45, 2.75) is 24.9 Å². The predicted octanol–water partition coefficient (Wildman–Crippen LogP) is 2.23. The van der Waals surface area contributed by atoms with Crippen molar-refractivity contribution in [3.63, 3.8) is 0 Å². The highest BCUT2D eigenvalue weighted by atomic mass is 79.9. The van der Waals surface area contributed by atoms with Gasteiger partial charge in [-0.25, -0.2) is 4.79 Å². The number of hydrogen-bond acceptors (Lipinski definition) is 4. The molecule has 1 aliphatic heterocycles. The van der Waals surface area contributed by atoms with E-state index in [4.69, 9.17) is 0 Å². The number of hydrogen-bond donors (Lipinski definition) is 3. The molecule has 1 fully saturated rings. The Morgan fingerprint density at radius 1 is 1.38 bits per heavy atom. The maximum absolute atomic E-state index is 13.4. The number of amides is 2. The molecule has 2 rings (SSSR count). The number of aliphatic hydroxyl groups is 1. The highest BCUT2D eigenvalue weighted by Gasteiger charge is 2.67. The van der Waals surface area contributed by atoms with Gasteiger partial charge in [0.1, 0.15) is 5.92 Å². The SMILES string of the molecule is CCOC(=O)[C@@H]1[C@@H](c2ccc(Br)cc2)NC(=O)N[C@]1(O)C(F)(F)F. The topological polar surface area (TPSA) is 87.7 Å². The number of ether oxygens (including phenoxy) is 1. The first-order chi connectivity index (χ1) is 11.1. The summed E-state index contributed by atoms with van der Waals surface area (Å²) in [5, 5.41) is 13.8. The lowest BCUT2D eigenvalue weighted by molar-refractivity contribution is -0.294. The van der Waals surface area contributed by atoms with Gasteiger partial charge in [-0.1, -0.05) is 28.1 Å². The number of esters is 1. The molecule has 0 unspecified atom stereocenters. The van der Waals surface area contributed by atoms with Crippen LogP contribution in [0.3, 0.4) is 0 Å². The molecule has 1 heterocycles. The van der Waals surface area contributed by atoms with Crippen LogP contribution in [0.5, 0.6) is 0 Å². The van der Waals surface area contributed by atoms with Crippen molar-refractivity contribution in [1.29, 1.82) is 0 Å². The molecule has 3 N–H and O–H groups in total. The Labute approximate surface area is 143 Å². The minimum atomic E-state index is -5.28. The van der Waals surface area contributed by atoms with Crippen molar-refractivity contribution in [2.24, 2.45) is 5.92 Å². The Kier molecular flexibility index (Phi) is 5.09.